The van der Waals surface area contributed by atoms with Gasteiger partial charge in [-0.3, -0.25) is 0 Å². The summed E-state index contributed by atoms with van der Waals surface area (Å²) in [6.45, 7) is 2.49. The molecule has 0 aliphatic heterocycles. The Morgan fingerprint density at radius 2 is 1.66 bits per heavy atom. The van der Waals surface area contributed by atoms with Crippen molar-refractivity contribution in [3.05, 3.63) is 41.7 Å². The zero-order valence-corrected chi connectivity index (χ0v) is 19.0. The van der Waals surface area contributed by atoms with Crippen LogP contribution in [0.1, 0.15) is 17.2 Å². The molecule has 158 valence electrons. The van der Waals surface area contributed by atoms with E-state index in [1.807, 2.05) is 31.9 Å². The van der Waals surface area contributed by atoms with Crippen molar-refractivity contribution in [3.63, 3.8) is 0 Å². The van der Waals surface area contributed by atoms with Gasteiger partial charge in [0.15, 0.2) is 11.6 Å². The Labute approximate surface area is 183 Å². The summed E-state index contributed by atoms with van der Waals surface area (Å²) in [7, 11) is 4.08. The molecule has 8 nitrogen and oxygen atoms in total. The van der Waals surface area contributed by atoms with Crippen molar-refractivity contribution in [2.75, 3.05) is 49.3 Å². The summed E-state index contributed by atoms with van der Waals surface area (Å²) < 4.78 is 19.3. The quantitative estimate of drug-likeness (QED) is 0.350. The molecule has 0 radical (unpaired) electrons. The molecule has 3 aromatic heterocycles. The lowest BCUT2D eigenvalue weighted by molar-refractivity contribution is 0.344. The lowest BCUT2D eigenvalue weighted by Gasteiger charge is -2.07. The van der Waals surface area contributed by atoms with Crippen LogP contribution in [-0.4, -0.2) is 57.5 Å². The van der Waals surface area contributed by atoms with Gasteiger partial charge < -0.3 is 24.5 Å². The Kier molecular flexibility index (Phi) is 9.19. The van der Waals surface area contributed by atoms with E-state index in [0.29, 0.717) is 0 Å². The molecule has 3 rings (SSSR count). The lowest BCUT2D eigenvalue weighted by Crippen LogP contribution is -2.10. The lowest BCUT2D eigenvalue weighted by atomic mass is 10.4. The van der Waals surface area contributed by atoms with Crippen LogP contribution < -0.4 is 10.6 Å². The Morgan fingerprint density at radius 3 is 2.31 bits per heavy atom. The van der Waals surface area contributed by atoms with Gasteiger partial charge in [0.1, 0.15) is 17.8 Å². The van der Waals surface area contributed by atoms with E-state index >= 15 is 0 Å². The molecule has 3 heterocycles. The van der Waals surface area contributed by atoms with E-state index in [9.17, 15) is 0 Å². The first-order valence-corrected chi connectivity index (χ1v) is 12.3. The van der Waals surface area contributed by atoms with E-state index in [4.69, 9.17) is 8.94 Å². The Balaban J connectivity index is 1.27. The van der Waals surface area contributed by atoms with Crippen molar-refractivity contribution in [2.45, 2.75) is 18.1 Å². The fourth-order valence-electron chi connectivity index (χ4n) is 2.46. The van der Waals surface area contributed by atoms with Crippen molar-refractivity contribution >= 4 is 46.9 Å². The highest BCUT2D eigenvalue weighted by Crippen LogP contribution is 2.20. The van der Waals surface area contributed by atoms with Crippen LogP contribution in [0.2, 0.25) is 0 Å². The number of furan rings is 1. The Hall–Kier alpha value is -1.69. The smallest absolute Gasteiger partial charge is 0.184 e. The average Bonchev–Trinajstić information content (AvgIpc) is 3.44. The van der Waals surface area contributed by atoms with Gasteiger partial charge in [0.05, 0.1) is 29.7 Å². The van der Waals surface area contributed by atoms with E-state index in [1.54, 1.807) is 18.0 Å². The minimum atomic E-state index is 0.821. The third-order valence-electron chi connectivity index (χ3n) is 3.74. The second-order valence-electron chi connectivity index (χ2n) is 6.52. The van der Waals surface area contributed by atoms with Gasteiger partial charge in [0.25, 0.3) is 0 Å². The highest BCUT2D eigenvalue weighted by Gasteiger charge is 2.07. The number of nitrogens with one attached hydrogen (secondary N) is 2. The summed E-state index contributed by atoms with van der Waals surface area (Å²) >= 11 is 4.85. The van der Waals surface area contributed by atoms with Crippen molar-refractivity contribution in [1.82, 2.24) is 18.8 Å². The number of aromatic nitrogens is 3. The third kappa shape index (κ3) is 7.92. The van der Waals surface area contributed by atoms with Crippen LogP contribution in [0.25, 0.3) is 0 Å². The zero-order valence-electron chi connectivity index (χ0n) is 16.6. The molecule has 0 aliphatic rings. The zero-order chi connectivity index (χ0) is 20.3. The number of rotatable bonds is 14. The van der Waals surface area contributed by atoms with Crippen molar-refractivity contribution < 1.29 is 8.94 Å². The Bertz CT molecular complexity index is 821. The summed E-state index contributed by atoms with van der Waals surface area (Å²) in [5.74, 6) is 7.32. The highest BCUT2D eigenvalue weighted by atomic mass is 32.2. The molecule has 0 aliphatic carbocycles. The van der Waals surface area contributed by atoms with Crippen LogP contribution in [0.3, 0.4) is 0 Å². The van der Waals surface area contributed by atoms with Crippen LogP contribution in [0.15, 0.2) is 33.4 Å². The maximum atomic E-state index is 5.83. The normalized spacial score (nSPS) is 11.3. The topological polar surface area (TPSA) is 92.2 Å². The molecular weight excluding hydrogens is 428 g/mol. The van der Waals surface area contributed by atoms with Gasteiger partial charge in [0.2, 0.25) is 0 Å². The SMILES string of the molecule is CN(C)Cc1ccc(CSCCNc2nsnc2NCCSCc2ccon2)o1. The van der Waals surface area contributed by atoms with Crippen molar-refractivity contribution in [2.24, 2.45) is 0 Å². The third-order valence-corrected chi connectivity index (χ3v) is 6.24. The molecule has 3 aromatic rings. The van der Waals surface area contributed by atoms with E-state index in [2.05, 4.69) is 41.6 Å². The van der Waals surface area contributed by atoms with E-state index in [0.717, 1.165) is 71.5 Å². The first kappa shape index (κ1) is 22.0. The molecule has 0 aromatic carbocycles. The van der Waals surface area contributed by atoms with Gasteiger partial charge in [-0.25, -0.2) is 0 Å². The number of hydrogen-bond acceptors (Lipinski definition) is 11. The molecule has 0 amide bonds. The fraction of sp³-hybridized carbons (Fsp3) is 0.500. The minimum Gasteiger partial charge on any atom is -0.464 e. The van der Waals surface area contributed by atoms with Gasteiger partial charge in [0, 0.05) is 36.4 Å². The predicted molar refractivity (Wildman–Crippen MR) is 122 cm³/mol. The summed E-state index contributed by atoms with van der Waals surface area (Å²) in [6.07, 6.45) is 1.60. The number of anilines is 2. The molecule has 0 unspecified atom stereocenters. The number of nitrogens with zero attached hydrogens (tertiary/aromatic N) is 4. The van der Waals surface area contributed by atoms with Crippen LogP contribution in [0.5, 0.6) is 0 Å². The minimum absolute atomic E-state index is 0.821. The maximum Gasteiger partial charge on any atom is 0.184 e. The van der Waals surface area contributed by atoms with Gasteiger partial charge in [-0.2, -0.15) is 32.3 Å². The first-order chi connectivity index (χ1) is 14.2. The van der Waals surface area contributed by atoms with Crippen molar-refractivity contribution in [1.29, 1.82) is 0 Å². The fourth-order valence-corrected chi connectivity index (χ4v) is 4.46. The average molecular weight is 455 g/mol. The van der Waals surface area contributed by atoms with Crippen molar-refractivity contribution in [3.8, 4) is 0 Å². The second-order valence-corrected chi connectivity index (χ2v) is 9.26. The highest BCUT2D eigenvalue weighted by molar-refractivity contribution is 7.98. The number of hydrogen-bond donors (Lipinski definition) is 2. The standard InChI is InChI=1S/C18H26N6O2S3/c1-24(2)11-15-3-4-16(26-15)13-28-10-7-20-18-17(22-29-23-18)19-6-9-27-12-14-5-8-25-21-14/h3-5,8H,6-7,9-13H2,1-2H3,(H,19,22)(H,20,23). The van der Waals surface area contributed by atoms with Crippen LogP contribution in [-0.2, 0) is 18.1 Å². The monoisotopic (exact) mass is 454 g/mol. The van der Waals surface area contributed by atoms with E-state index in [-0.39, 0.29) is 0 Å². The molecule has 0 spiro atoms. The Morgan fingerprint density at radius 1 is 0.966 bits per heavy atom. The molecule has 0 fully saturated rings. The summed E-state index contributed by atoms with van der Waals surface area (Å²) in [4.78, 5) is 2.10. The largest absolute Gasteiger partial charge is 0.464 e. The predicted octanol–water partition coefficient (Wildman–Crippen LogP) is 3.87. The summed E-state index contributed by atoms with van der Waals surface area (Å²) in [5.41, 5.74) is 0.966. The molecule has 2 N–H and O–H groups in total. The van der Waals surface area contributed by atoms with Gasteiger partial charge in [-0.05, 0) is 26.2 Å². The summed E-state index contributed by atoms with van der Waals surface area (Å²) in [6, 6.07) is 6.00. The molecule has 0 bridgehead atoms. The molecule has 29 heavy (non-hydrogen) atoms. The van der Waals surface area contributed by atoms with E-state index < -0.39 is 0 Å². The molecule has 0 saturated carbocycles. The maximum absolute atomic E-state index is 5.83. The first-order valence-electron chi connectivity index (χ1n) is 9.28. The molecule has 0 saturated heterocycles. The molecule has 11 heteroatoms. The van der Waals surface area contributed by atoms with E-state index in [1.165, 1.54) is 11.7 Å². The molecular formula is C18H26N6O2S3. The molecule has 0 atom stereocenters. The van der Waals surface area contributed by atoms with Gasteiger partial charge in [-0.1, -0.05) is 5.16 Å². The van der Waals surface area contributed by atoms with Gasteiger partial charge >= 0.3 is 0 Å². The van der Waals surface area contributed by atoms with Gasteiger partial charge in [-0.15, -0.1) is 0 Å². The van der Waals surface area contributed by atoms with Crippen LogP contribution in [0, 0.1) is 0 Å². The number of thioether (sulfide) groups is 2. The van der Waals surface area contributed by atoms with Crippen LogP contribution >= 0.6 is 35.3 Å². The van der Waals surface area contributed by atoms with Crippen LogP contribution in [0.4, 0.5) is 11.6 Å². The summed E-state index contributed by atoms with van der Waals surface area (Å²) in [5, 5.41) is 10.6. The second kappa shape index (κ2) is 12.1.